The summed E-state index contributed by atoms with van der Waals surface area (Å²) in [6.45, 7) is 2.02. The molecular weight excluding hydrogens is 711 g/mol. The summed E-state index contributed by atoms with van der Waals surface area (Å²) in [6, 6.07) is 18.7. The number of hydrogen-bond donors (Lipinski definition) is 2. The lowest BCUT2D eigenvalue weighted by atomic mass is 9.91. The molecule has 0 atom stereocenters. The average Bonchev–Trinajstić information content (AvgIpc) is 3.19. The first-order valence-electron chi connectivity index (χ1n) is 17.9. The normalized spacial score (nSPS) is 13.2. The fraction of sp³-hybridized carbons (Fsp3) is 0.293. The quantitative estimate of drug-likeness (QED) is 0.0768. The van der Waals surface area contributed by atoms with Crippen LogP contribution < -0.4 is 24.8 Å². The maximum absolute atomic E-state index is 13.5. The van der Waals surface area contributed by atoms with E-state index in [1.807, 2.05) is 17.0 Å². The molecule has 0 bridgehead atoms. The molecule has 2 N–H and O–H groups in total. The Hall–Kier alpha value is -5.75. The van der Waals surface area contributed by atoms with E-state index in [1.165, 1.54) is 31.6 Å². The molecule has 2 aromatic heterocycles. The Morgan fingerprint density at radius 3 is 2.63 bits per heavy atom. The molecule has 3 aromatic carbocycles. The highest BCUT2D eigenvalue weighted by Gasteiger charge is 2.23. The van der Waals surface area contributed by atoms with E-state index in [1.54, 1.807) is 60.9 Å². The highest BCUT2D eigenvalue weighted by Crippen LogP contribution is 2.36. The molecule has 3 heterocycles. The number of amides is 2. The largest absolute Gasteiger partial charge is 0.493 e. The van der Waals surface area contributed by atoms with Gasteiger partial charge in [-0.15, -0.1) is 0 Å². The van der Waals surface area contributed by atoms with Crippen LogP contribution in [0.5, 0.6) is 17.2 Å². The Kier molecular flexibility index (Phi) is 13.3. The molecule has 11 nitrogen and oxygen atoms in total. The summed E-state index contributed by atoms with van der Waals surface area (Å²) >= 11 is 6.53. The summed E-state index contributed by atoms with van der Waals surface area (Å²) in [6.07, 6.45) is 13.0. The third kappa shape index (κ3) is 10.7. The van der Waals surface area contributed by atoms with Crippen LogP contribution in [0.2, 0.25) is 5.02 Å². The average molecular weight is 753 g/mol. The minimum atomic E-state index is -0.331. The number of fused-ring (bicyclic) bond motifs is 1. The van der Waals surface area contributed by atoms with Crippen LogP contribution in [0.25, 0.3) is 17.0 Å². The third-order valence-electron chi connectivity index (χ3n) is 9.17. The molecule has 1 aliphatic rings. The number of hydrogen-bond acceptors (Lipinski definition) is 9. The lowest BCUT2D eigenvalue weighted by Gasteiger charge is -2.32. The molecular formula is C41H42ClFN6O5. The number of rotatable bonds is 16. The third-order valence-corrected chi connectivity index (χ3v) is 9.46. The number of anilines is 2. The number of carbonyl (C=O) groups is 2. The monoisotopic (exact) mass is 752 g/mol. The van der Waals surface area contributed by atoms with E-state index in [-0.39, 0.29) is 30.8 Å². The minimum absolute atomic E-state index is 0.0883. The number of methoxy groups -OCH3 is 1. The van der Waals surface area contributed by atoms with E-state index < -0.39 is 0 Å². The van der Waals surface area contributed by atoms with Crippen molar-refractivity contribution in [3.63, 3.8) is 0 Å². The van der Waals surface area contributed by atoms with Crippen LogP contribution >= 0.6 is 11.6 Å². The number of unbranched alkanes of at least 4 members (excludes halogenated alkanes) is 1. The Morgan fingerprint density at radius 2 is 1.85 bits per heavy atom. The fourth-order valence-corrected chi connectivity index (χ4v) is 6.47. The SMILES string of the molecule is COc1cc2ncnc(Nc3ccc(OCc4cccc(F)c4)c(Cl)c3)c2cc1OCC(=O)N1CCC(CCCCNC(=O)/C=C/c2cccnc2)CC1. The van der Waals surface area contributed by atoms with Gasteiger partial charge in [0.1, 0.15) is 30.3 Å². The maximum Gasteiger partial charge on any atom is 0.260 e. The number of benzene rings is 3. The molecule has 280 valence electrons. The number of piperidine rings is 1. The number of ether oxygens (including phenoxy) is 3. The first-order valence-corrected chi connectivity index (χ1v) is 18.3. The van der Waals surface area contributed by atoms with Crippen molar-refractivity contribution in [3.05, 3.63) is 113 Å². The summed E-state index contributed by atoms with van der Waals surface area (Å²) < 4.78 is 31.0. The zero-order valence-electron chi connectivity index (χ0n) is 30.0. The molecule has 1 fully saturated rings. The topological polar surface area (TPSA) is 128 Å². The molecule has 0 saturated carbocycles. The Bertz CT molecular complexity index is 2080. The van der Waals surface area contributed by atoms with Gasteiger partial charge >= 0.3 is 0 Å². The van der Waals surface area contributed by atoms with E-state index in [2.05, 4.69) is 25.6 Å². The van der Waals surface area contributed by atoms with Crippen molar-refractivity contribution in [3.8, 4) is 17.2 Å². The molecule has 2 amide bonds. The van der Waals surface area contributed by atoms with Gasteiger partial charge in [-0.2, -0.15) is 0 Å². The van der Waals surface area contributed by atoms with Crippen molar-refractivity contribution in [2.24, 2.45) is 5.92 Å². The second kappa shape index (κ2) is 18.8. The van der Waals surface area contributed by atoms with Crippen molar-refractivity contribution >= 4 is 51.9 Å². The smallest absolute Gasteiger partial charge is 0.260 e. The highest BCUT2D eigenvalue weighted by atomic mass is 35.5. The number of likely N-dealkylation sites (tertiary alicyclic amines) is 1. The summed E-state index contributed by atoms with van der Waals surface area (Å²) in [7, 11) is 1.54. The molecule has 0 unspecified atom stereocenters. The zero-order valence-corrected chi connectivity index (χ0v) is 30.7. The number of halogens is 2. The van der Waals surface area contributed by atoms with Gasteiger partial charge in [0.05, 0.1) is 17.6 Å². The number of aromatic nitrogens is 3. The summed E-state index contributed by atoms with van der Waals surface area (Å²) in [4.78, 5) is 40.0. The van der Waals surface area contributed by atoms with Gasteiger partial charge in [0, 0.05) is 55.2 Å². The number of nitrogens with zero attached hydrogens (tertiary/aromatic N) is 4. The number of carbonyl (C=O) groups excluding carboxylic acids is 2. The van der Waals surface area contributed by atoms with E-state index in [0.29, 0.717) is 75.8 Å². The van der Waals surface area contributed by atoms with Crippen molar-refractivity contribution in [1.82, 2.24) is 25.2 Å². The summed E-state index contributed by atoms with van der Waals surface area (Å²) in [5, 5.41) is 7.25. The van der Waals surface area contributed by atoms with E-state index in [0.717, 1.165) is 37.7 Å². The van der Waals surface area contributed by atoms with Crippen LogP contribution in [0.1, 0.15) is 43.2 Å². The maximum atomic E-state index is 13.5. The van der Waals surface area contributed by atoms with Gasteiger partial charge in [0.15, 0.2) is 18.1 Å². The Labute approximate surface area is 318 Å². The van der Waals surface area contributed by atoms with Crippen molar-refractivity contribution < 1.29 is 28.2 Å². The first-order chi connectivity index (χ1) is 26.3. The van der Waals surface area contributed by atoms with E-state index in [9.17, 15) is 14.0 Å². The molecule has 6 rings (SSSR count). The van der Waals surface area contributed by atoms with Gasteiger partial charge < -0.3 is 29.7 Å². The second-order valence-corrected chi connectivity index (χ2v) is 13.4. The number of pyridine rings is 1. The van der Waals surface area contributed by atoms with Gasteiger partial charge in [-0.3, -0.25) is 14.6 Å². The summed E-state index contributed by atoms with van der Waals surface area (Å²) in [5.74, 6) is 1.81. The van der Waals surface area contributed by atoms with Gasteiger partial charge in [-0.05, 0) is 84.8 Å². The van der Waals surface area contributed by atoms with Crippen LogP contribution in [-0.2, 0) is 16.2 Å². The minimum Gasteiger partial charge on any atom is -0.493 e. The van der Waals surface area contributed by atoms with E-state index in [4.69, 9.17) is 25.8 Å². The predicted octanol–water partition coefficient (Wildman–Crippen LogP) is 7.77. The van der Waals surface area contributed by atoms with Crippen LogP contribution in [0.4, 0.5) is 15.9 Å². The van der Waals surface area contributed by atoms with Crippen molar-refractivity contribution in [2.75, 3.05) is 38.7 Å². The standard InChI is InChI=1S/C41H42ClFN6O5/c1-52-37-23-35-33(41(47-27-46-35)48-32-11-12-36(34(42)21-32)53-25-30-7-4-9-31(43)20-30)22-38(37)54-26-40(51)49-18-14-28(15-19-49)6-2-3-17-45-39(50)13-10-29-8-5-16-44-24-29/h4-5,7-13,16,20-24,27-28H,2-3,6,14-15,17-19,25-26H2,1H3,(H,45,50)(H,46,47,48)/b13-10+. The molecule has 1 saturated heterocycles. The Morgan fingerprint density at radius 1 is 0.981 bits per heavy atom. The molecule has 13 heteroatoms. The number of nitrogens with one attached hydrogen (secondary N) is 2. The first kappa shape index (κ1) is 38.0. The van der Waals surface area contributed by atoms with Crippen molar-refractivity contribution in [1.29, 1.82) is 0 Å². The second-order valence-electron chi connectivity index (χ2n) is 13.0. The van der Waals surface area contributed by atoms with Gasteiger partial charge in [-0.25, -0.2) is 14.4 Å². The van der Waals surface area contributed by atoms with Crippen LogP contribution in [0.3, 0.4) is 0 Å². The fourth-order valence-electron chi connectivity index (χ4n) is 6.23. The lowest BCUT2D eigenvalue weighted by molar-refractivity contribution is -0.134. The van der Waals surface area contributed by atoms with E-state index >= 15 is 0 Å². The predicted molar refractivity (Wildman–Crippen MR) is 206 cm³/mol. The molecule has 0 spiro atoms. The highest BCUT2D eigenvalue weighted by molar-refractivity contribution is 6.32. The summed E-state index contributed by atoms with van der Waals surface area (Å²) in [5.41, 5.74) is 2.85. The van der Waals surface area contributed by atoms with Crippen LogP contribution in [0, 0.1) is 11.7 Å². The molecule has 54 heavy (non-hydrogen) atoms. The molecule has 0 radical (unpaired) electrons. The van der Waals surface area contributed by atoms with Crippen molar-refractivity contribution in [2.45, 2.75) is 38.7 Å². The van der Waals surface area contributed by atoms with Crippen LogP contribution in [-0.4, -0.2) is 65.0 Å². The molecule has 1 aliphatic heterocycles. The zero-order chi connectivity index (χ0) is 37.7. The Balaban J connectivity index is 0.968. The lowest BCUT2D eigenvalue weighted by Crippen LogP contribution is -2.41. The van der Waals surface area contributed by atoms with Gasteiger partial charge in [0.2, 0.25) is 5.91 Å². The molecule has 0 aliphatic carbocycles. The van der Waals surface area contributed by atoms with Gasteiger partial charge in [0.25, 0.3) is 5.91 Å². The molecule has 5 aromatic rings. The van der Waals surface area contributed by atoms with Gasteiger partial charge in [-0.1, -0.05) is 42.6 Å². The van der Waals surface area contributed by atoms with Crippen LogP contribution in [0.15, 0.2) is 91.5 Å².